The van der Waals surface area contributed by atoms with E-state index in [9.17, 15) is 9.59 Å². The first kappa shape index (κ1) is 46.1. The maximum atomic E-state index is 10.7. The minimum absolute atomic E-state index is 0.217. The van der Waals surface area contributed by atoms with E-state index in [-0.39, 0.29) is 11.8 Å². The van der Waals surface area contributed by atoms with Crippen LogP contribution in [0.4, 0.5) is 0 Å². The third-order valence-electron chi connectivity index (χ3n) is 8.72. The number of hydrogen-bond acceptors (Lipinski definition) is 2. The van der Waals surface area contributed by atoms with E-state index < -0.39 is 0 Å². The van der Waals surface area contributed by atoms with Crippen molar-refractivity contribution < 1.29 is 9.59 Å². The van der Waals surface area contributed by atoms with Gasteiger partial charge in [-0.25, -0.2) is 0 Å². The van der Waals surface area contributed by atoms with Gasteiger partial charge in [0, 0.05) is 12.8 Å². The number of primary amides is 2. The molecular weight excluding hydrogens is 637 g/mol. The molecule has 0 radical (unpaired) electrons. The predicted molar refractivity (Wildman–Crippen MR) is 227 cm³/mol. The molecule has 1 aromatic rings. The number of allylic oxidation sites excluding steroid dienone is 16. The number of carbonyl (C=O) groups excluding carboxylic acids is 2. The van der Waals surface area contributed by atoms with Gasteiger partial charge in [-0.15, -0.1) is 0 Å². The molecule has 0 saturated carbocycles. The minimum Gasteiger partial charge on any atom is -0.370 e. The smallest absolute Gasteiger partial charge is 0.217 e. The number of aryl methyl sites for hydroxylation is 2. The Kier molecular flexibility index (Phi) is 32.7. The van der Waals surface area contributed by atoms with Gasteiger partial charge in [-0.2, -0.15) is 0 Å². The van der Waals surface area contributed by atoms with Gasteiger partial charge >= 0.3 is 0 Å². The summed E-state index contributed by atoms with van der Waals surface area (Å²) < 4.78 is 0. The Bertz CT molecular complexity index is 1170. The van der Waals surface area contributed by atoms with Crippen LogP contribution in [-0.4, -0.2) is 11.8 Å². The first-order valence-electron chi connectivity index (χ1n) is 20.4. The number of hydrogen-bond donors (Lipinski definition) is 2. The topological polar surface area (TPSA) is 86.2 Å². The number of nitrogens with two attached hydrogens (primary N) is 2. The van der Waals surface area contributed by atoms with Crippen molar-refractivity contribution in [1.82, 2.24) is 0 Å². The van der Waals surface area contributed by atoms with Gasteiger partial charge in [0.1, 0.15) is 0 Å². The van der Waals surface area contributed by atoms with Crippen LogP contribution in [-0.2, 0) is 22.4 Å². The van der Waals surface area contributed by atoms with Crippen LogP contribution < -0.4 is 11.5 Å². The Hall–Kier alpha value is -3.92. The van der Waals surface area contributed by atoms with E-state index in [1.165, 1.54) is 88.2 Å². The Morgan fingerprint density at radius 1 is 0.385 bits per heavy atom. The fraction of sp³-hybridized carbons (Fsp3) is 0.500. The van der Waals surface area contributed by atoms with Crippen LogP contribution >= 0.6 is 0 Å². The standard InChI is InChI=1S/C48H72N2O2/c49-47(51)42-35-31-27-23-19-15-11-7-3-1-5-9-13-17-21-25-29-33-38-45-40-37-41-46(44-45)39-34-30-26-22-18-14-10-6-2-4-8-12-16-20-24-28-32-36-43-48(50)52/h1-4,9-16,23-24,27-28,37,40-41,44H,5-8,17-22,25-26,29-36,38-39,42-43H2,(H2,49,51)(H2,50,52). The highest BCUT2D eigenvalue weighted by Gasteiger charge is 1.99. The minimum atomic E-state index is -0.217. The zero-order chi connectivity index (χ0) is 37.4. The van der Waals surface area contributed by atoms with Crippen molar-refractivity contribution in [2.75, 3.05) is 0 Å². The summed E-state index contributed by atoms with van der Waals surface area (Å²) in [6.45, 7) is 0. The first-order chi connectivity index (χ1) is 25.6. The molecule has 0 saturated heterocycles. The zero-order valence-electron chi connectivity index (χ0n) is 32.5. The van der Waals surface area contributed by atoms with E-state index in [1.54, 1.807) is 0 Å². The highest BCUT2D eigenvalue weighted by molar-refractivity contribution is 5.73. The highest BCUT2D eigenvalue weighted by Crippen LogP contribution is 2.15. The van der Waals surface area contributed by atoms with E-state index in [1.807, 2.05) is 0 Å². The zero-order valence-corrected chi connectivity index (χ0v) is 32.5. The van der Waals surface area contributed by atoms with Crippen molar-refractivity contribution in [3.05, 3.63) is 133 Å². The summed E-state index contributed by atoms with van der Waals surface area (Å²) in [4.78, 5) is 21.4. The van der Waals surface area contributed by atoms with Crippen molar-refractivity contribution in [2.45, 2.75) is 154 Å². The van der Waals surface area contributed by atoms with Crippen LogP contribution in [0.25, 0.3) is 0 Å². The van der Waals surface area contributed by atoms with E-state index in [4.69, 9.17) is 11.5 Å². The summed E-state index contributed by atoms with van der Waals surface area (Å²) in [6, 6.07) is 9.31. The van der Waals surface area contributed by atoms with Crippen LogP contribution in [0, 0.1) is 0 Å². The molecule has 0 atom stereocenters. The molecule has 0 aliphatic carbocycles. The van der Waals surface area contributed by atoms with Crippen LogP contribution in [0.5, 0.6) is 0 Å². The lowest BCUT2D eigenvalue weighted by molar-refractivity contribution is -0.118. The lowest BCUT2D eigenvalue weighted by Gasteiger charge is -2.06. The molecule has 4 nitrogen and oxygen atoms in total. The molecule has 4 N–H and O–H groups in total. The molecule has 286 valence electrons. The maximum absolute atomic E-state index is 10.7. The molecule has 1 aromatic carbocycles. The fourth-order valence-electron chi connectivity index (χ4n) is 5.72. The largest absolute Gasteiger partial charge is 0.370 e. The molecule has 0 fully saturated rings. The number of carbonyl (C=O) groups is 2. The van der Waals surface area contributed by atoms with E-state index in [2.05, 4.69) is 121 Å². The number of amides is 2. The average Bonchev–Trinajstić information content (AvgIpc) is 3.13. The second-order valence-corrected chi connectivity index (χ2v) is 13.6. The normalized spacial score (nSPS) is 12.6. The molecule has 52 heavy (non-hydrogen) atoms. The summed E-state index contributed by atoms with van der Waals surface area (Å²) in [5.74, 6) is -0.433. The van der Waals surface area contributed by atoms with E-state index in [0.717, 1.165) is 64.2 Å². The van der Waals surface area contributed by atoms with Gasteiger partial charge in [-0.3, -0.25) is 9.59 Å². The van der Waals surface area contributed by atoms with Crippen molar-refractivity contribution >= 4 is 11.8 Å². The van der Waals surface area contributed by atoms with Gasteiger partial charge in [-0.1, -0.05) is 147 Å². The predicted octanol–water partition coefficient (Wildman–Crippen LogP) is 12.8. The molecule has 0 unspecified atom stereocenters. The second-order valence-electron chi connectivity index (χ2n) is 13.6. The second kappa shape index (κ2) is 36.9. The lowest BCUT2D eigenvalue weighted by atomic mass is 10.00. The molecule has 0 aliphatic rings. The van der Waals surface area contributed by atoms with Gasteiger partial charge in [-0.05, 0) is 127 Å². The van der Waals surface area contributed by atoms with Gasteiger partial charge < -0.3 is 11.5 Å². The third-order valence-corrected chi connectivity index (χ3v) is 8.72. The Balaban J connectivity index is 1.96. The average molecular weight is 709 g/mol. The number of unbranched alkanes of at least 4 members (excludes halogenated alkanes) is 10. The van der Waals surface area contributed by atoms with Gasteiger partial charge in [0.2, 0.25) is 11.8 Å². The van der Waals surface area contributed by atoms with Crippen molar-refractivity contribution in [3.63, 3.8) is 0 Å². The molecule has 0 aliphatic heterocycles. The number of rotatable bonds is 34. The fourth-order valence-corrected chi connectivity index (χ4v) is 5.72. The highest BCUT2D eigenvalue weighted by atomic mass is 16.1. The Labute approximate surface area is 318 Å². The SMILES string of the molecule is NC(=O)CCCC=CCC=CCC=CCC=CCCCCCCc1cccc(CCCCCCC=CCC=CCC=CCC=CCCCC(N)=O)c1. The summed E-state index contributed by atoms with van der Waals surface area (Å²) in [5.41, 5.74) is 13.3. The quantitative estimate of drug-likeness (QED) is 0.0551. The molecule has 1 rings (SSSR count). The van der Waals surface area contributed by atoms with Crippen molar-refractivity contribution in [1.29, 1.82) is 0 Å². The molecule has 4 heteroatoms. The molecule has 0 heterocycles. The molecule has 0 spiro atoms. The van der Waals surface area contributed by atoms with Gasteiger partial charge in [0.05, 0.1) is 0 Å². The summed E-state index contributed by atoms with van der Waals surface area (Å²) in [6.07, 6.45) is 61.1. The van der Waals surface area contributed by atoms with Crippen LogP contribution in [0.2, 0.25) is 0 Å². The van der Waals surface area contributed by atoms with Crippen molar-refractivity contribution in [3.8, 4) is 0 Å². The van der Waals surface area contributed by atoms with Gasteiger partial charge in [0.25, 0.3) is 0 Å². The molecule has 2 amide bonds. The van der Waals surface area contributed by atoms with Crippen molar-refractivity contribution in [2.24, 2.45) is 11.5 Å². The van der Waals surface area contributed by atoms with Crippen LogP contribution in [0.1, 0.15) is 152 Å². The molecular formula is C48H72N2O2. The first-order valence-corrected chi connectivity index (χ1v) is 20.4. The monoisotopic (exact) mass is 709 g/mol. The molecule has 0 aromatic heterocycles. The Morgan fingerprint density at radius 3 is 1.00 bits per heavy atom. The van der Waals surface area contributed by atoms with Gasteiger partial charge in [0.15, 0.2) is 0 Å². The van der Waals surface area contributed by atoms with E-state index in [0.29, 0.717) is 12.8 Å². The third kappa shape index (κ3) is 34.5. The Morgan fingerprint density at radius 2 is 0.673 bits per heavy atom. The van der Waals surface area contributed by atoms with E-state index >= 15 is 0 Å². The molecule has 0 bridgehead atoms. The van der Waals surface area contributed by atoms with Crippen LogP contribution in [0.3, 0.4) is 0 Å². The van der Waals surface area contributed by atoms with Crippen LogP contribution in [0.15, 0.2) is 121 Å². The summed E-state index contributed by atoms with van der Waals surface area (Å²) >= 11 is 0. The number of benzene rings is 1. The maximum Gasteiger partial charge on any atom is 0.217 e. The lowest BCUT2D eigenvalue weighted by Crippen LogP contribution is -2.09. The summed E-state index contributed by atoms with van der Waals surface area (Å²) in [7, 11) is 0. The summed E-state index contributed by atoms with van der Waals surface area (Å²) in [5, 5.41) is 0.